The van der Waals surface area contributed by atoms with Crippen LogP contribution in [-0.4, -0.2) is 30.6 Å². The molecule has 0 aliphatic heterocycles. The third-order valence-corrected chi connectivity index (χ3v) is 4.97. The number of hydrogen-bond donors (Lipinski definition) is 1. The van der Waals surface area contributed by atoms with Crippen molar-refractivity contribution in [2.24, 2.45) is 0 Å². The number of rotatable bonds is 6. The Balaban J connectivity index is 0.000000486. The Bertz CT molecular complexity index is 1570. The molecular weight excluding hydrogens is 580 g/mol. The number of anilines is 1. The number of carbonyl (C=O) groups is 2. The minimum Gasteiger partial charge on any atom is -0.497 e. The molecule has 9 heteroatoms. The number of nitrogens with one attached hydrogen (secondary N) is 1. The van der Waals surface area contributed by atoms with Crippen LogP contribution >= 0.6 is 27.3 Å². The van der Waals surface area contributed by atoms with Gasteiger partial charge >= 0.3 is 5.97 Å². The average Bonchev–Trinajstić information content (AvgIpc) is 3.61. The maximum absolute atomic E-state index is 11.9. The molecule has 0 saturated heterocycles. The van der Waals surface area contributed by atoms with Crippen LogP contribution in [0.3, 0.4) is 0 Å². The van der Waals surface area contributed by atoms with Gasteiger partial charge in [0.25, 0.3) is 5.91 Å². The molecule has 0 spiro atoms. The number of benzene rings is 1. The fourth-order valence-electron chi connectivity index (χ4n) is 2.22. The van der Waals surface area contributed by atoms with E-state index in [-0.39, 0.29) is 5.76 Å². The molecule has 0 saturated carbocycles. The second kappa shape index (κ2) is 19.0. The minimum atomic E-state index is -0.719. The van der Waals surface area contributed by atoms with E-state index in [1.807, 2.05) is 29.6 Å². The first kappa shape index (κ1) is 31.9. The number of halogens is 1. The third-order valence-electron chi connectivity index (χ3n) is 3.79. The van der Waals surface area contributed by atoms with Crippen molar-refractivity contribution in [1.82, 2.24) is 4.98 Å². The average molecular weight is 601 g/mol. The first-order valence-corrected chi connectivity index (χ1v) is 12.2. The summed E-state index contributed by atoms with van der Waals surface area (Å²) < 4.78 is 15.5. The van der Waals surface area contributed by atoms with Crippen molar-refractivity contribution < 1.29 is 23.5 Å². The molecular formula is C30H21BrN2O5S. The molecule has 0 aliphatic carbocycles. The second-order valence-corrected chi connectivity index (χ2v) is 7.97. The van der Waals surface area contributed by atoms with Crippen LogP contribution in [-0.2, 0) is 9.53 Å². The summed E-state index contributed by atoms with van der Waals surface area (Å²) in [6.45, 7) is 12.5. The van der Waals surface area contributed by atoms with Crippen LogP contribution in [0.5, 0.6) is 5.75 Å². The van der Waals surface area contributed by atoms with E-state index >= 15 is 0 Å². The Kier molecular flexibility index (Phi) is 15.6. The monoisotopic (exact) mass is 600 g/mol. The van der Waals surface area contributed by atoms with Crippen molar-refractivity contribution >= 4 is 44.3 Å². The number of hydrogen-bond acceptors (Lipinski definition) is 7. The molecule has 0 bridgehead atoms. The maximum atomic E-state index is 11.9. The molecule has 39 heavy (non-hydrogen) atoms. The molecule has 1 amide bonds. The van der Waals surface area contributed by atoms with Crippen LogP contribution in [0.2, 0.25) is 0 Å². The number of nitrogens with zero attached hydrogens (tertiary/aromatic N) is 1. The molecule has 3 aromatic rings. The quantitative estimate of drug-likeness (QED) is 0.243. The summed E-state index contributed by atoms with van der Waals surface area (Å²) in [5.74, 6) is -0.438. The van der Waals surface area contributed by atoms with Gasteiger partial charge in [0.05, 0.1) is 12.8 Å². The molecule has 2 aromatic heterocycles. The molecule has 0 atom stereocenters. The van der Waals surface area contributed by atoms with Crippen molar-refractivity contribution in [2.45, 2.75) is 0 Å². The van der Waals surface area contributed by atoms with E-state index in [4.69, 9.17) is 13.9 Å². The van der Waals surface area contributed by atoms with Crippen LogP contribution in [0, 0.1) is 0 Å². The van der Waals surface area contributed by atoms with Crippen molar-refractivity contribution in [3.63, 3.8) is 0 Å². The number of carbonyl (C=O) groups excluding carboxylic acids is 2. The predicted octanol–water partition coefficient (Wildman–Crippen LogP) is 6.97. The highest BCUT2D eigenvalue weighted by Crippen LogP contribution is 2.26. The van der Waals surface area contributed by atoms with E-state index in [0.717, 1.165) is 17.0 Å². The van der Waals surface area contributed by atoms with Crippen LogP contribution in [0.1, 0.15) is 10.6 Å². The number of aromatic nitrogens is 1. The topological polar surface area (TPSA) is 90.7 Å². The summed E-state index contributed by atoms with van der Waals surface area (Å²) in [6, 6.07) is 10.4. The van der Waals surface area contributed by atoms with Gasteiger partial charge in [0.2, 0.25) is 5.76 Å². The molecule has 3 rings (SSSR count). The van der Waals surface area contributed by atoms with E-state index in [0.29, 0.717) is 9.80 Å². The lowest BCUT2D eigenvalue weighted by atomic mass is 10.2. The predicted molar refractivity (Wildman–Crippen MR) is 154 cm³/mol. The van der Waals surface area contributed by atoms with Crippen molar-refractivity contribution in [1.29, 1.82) is 0 Å². The molecule has 7 nitrogen and oxygen atoms in total. The molecule has 0 unspecified atom stereocenters. The van der Waals surface area contributed by atoms with Crippen molar-refractivity contribution in [2.75, 3.05) is 19.0 Å². The zero-order chi connectivity index (χ0) is 28.9. The van der Waals surface area contributed by atoms with Gasteiger partial charge in [0, 0.05) is 10.9 Å². The van der Waals surface area contributed by atoms with Crippen LogP contribution in [0.15, 0.2) is 129 Å². The fraction of sp³-hybridized carbons (Fsp3) is 0.0667. The van der Waals surface area contributed by atoms with Crippen molar-refractivity contribution in [3.05, 3.63) is 130 Å². The van der Waals surface area contributed by atoms with Gasteiger partial charge in [-0.1, -0.05) is 22.9 Å². The molecule has 2 heterocycles. The largest absolute Gasteiger partial charge is 0.497 e. The number of methoxy groups -OCH3 is 1. The van der Waals surface area contributed by atoms with Gasteiger partial charge in [-0.2, -0.15) is 0 Å². The minimum absolute atomic E-state index is 0.0146. The van der Waals surface area contributed by atoms with Gasteiger partial charge in [-0.15, -0.1) is 11.3 Å². The van der Waals surface area contributed by atoms with Gasteiger partial charge in [0.1, 0.15) is 5.75 Å². The van der Waals surface area contributed by atoms with Crippen molar-refractivity contribution in [3.8, 4) is 17.0 Å². The molecule has 0 radical (unpaired) electrons. The van der Waals surface area contributed by atoms with E-state index < -0.39 is 18.5 Å². The second-order valence-electron chi connectivity index (χ2n) is 6.33. The number of ether oxygens (including phenoxy) is 2. The standard InChI is InChI=1S/C17H13BrN2O5S.C7H4.C6H4/c1-23-11-4-2-10(3-5-11)12-9-26-17(19-12)20-15(21)8-24-16(22)13-6-7-14(18)25-13;1-3-5-7-6-4-2;1-3-5-6-4-2/h2-7,9H,8H2,1H3,(H,19,20,21);1-2H2;1-2H2. The molecule has 1 N–H and O–H groups in total. The Hall–Kier alpha value is -5.15. The smallest absolute Gasteiger partial charge is 0.374 e. The van der Waals surface area contributed by atoms with Crippen LogP contribution in [0.4, 0.5) is 5.13 Å². The summed E-state index contributed by atoms with van der Waals surface area (Å²) in [4.78, 5) is 28.0. The van der Waals surface area contributed by atoms with Gasteiger partial charge in [-0.3, -0.25) is 10.1 Å². The Morgan fingerprint density at radius 2 is 1.54 bits per heavy atom. The summed E-state index contributed by atoms with van der Waals surface area (Å²) in [7, 11) is 1.60. The number of thiazole rings is 1. The van der Waals surface area contributed by atoms with Crippen LogP contribution in [0.25, 0.3) is 11.3 Å². The first-order chi connectivity index (χ1) is 18.9. The summed E-state index contributed by atoms with van der Waals surface area (Å²) in [5.41, 5.74) is 23.2. The zero-order valence-corrected chi connectivity index (χ0v) is 23.3. The highest BCUT2D eigenvalue weighted by atomic mass is 79.9. The summed E-state index contributed by atoms with van der Waals surface area (Å²) in [5, 5.41) is 4.83. The number of furan rings is 1. The first-order valence-electron chi connectivity index (χ1n) is 10.5. The Morgan fingerprint density at radius 3 is 2.05 bits per heavy atom. The van der Waals surface area contributed by atoms with Gasteiger partial charge < -0.3 is 13.9 Å². The van der Waals surface area contributed by atoms with Gasteiger partial charge in [0.15, 0.2) is 16.4 Å². The number of esters is 1. The lowest BCUT2D eigenvalue weighted by Crippen LogP contribution is -2.20. The van der Waals surface area contributed by atoms with Gasteiger partial charge in [-0.05, 0) is 107 Å². The lowest BCUT2D eigenvalue weighted by molar-refractivity contribution is -0.119. The Labute approximate surface area is 238 Å². The zero-order valence-electron chi connectivity index (χ0n) is 20.9. The van der Waals surface area contributed by atoms with E-state index in [1.54, 1.807) is 13.2 Å². The van der Waals surface area contributed by atoms with E-state index in [2.05, 4.69) is 104 Å². The van der Waals surface area contributed by atoms with E-state index in [1.165, 1.54) is 17.4 Å². The maximum Gasteiger partial charge on any atom is 0.374 e. The summed E-state index contributed by atoms with van der Waals surface area (Å²) in [6.07, 6.45) is 0. The highest BCUT2D eigenvalue weighted by Gasteiger charge is 2.15. The highest BCUT2D eigenvalue weighted by molar-refractivity contribution is 9.10. The normalized spacial score (nSPS) is 8.05. The van der Waals surface area contributed by atoms with E-state index in [9.17, 15) is 9.59 Å². The fourth-order valence-corrected chi connectivity index (χ4v) is 3.26. The Morgan fingerprint density at radius 1 is 0.949 bits per heavy atom. The SMILES string of the molecule is C=C=C=C=C=C.C=C=C=C=C=C=C.COc1ccc(-c2csc(NC(=O)COC(=O)c3ccc(Br)o3)n2)cc1. The molecule has 194 valence electrons. The van der Waals surface area contributed by atoms with Crippen LogP contribution < -0.4 is 10.1 Å². The molecule has 0 aliphatic rings. The third kappa shape index (κ3) is 13.1. The molecule has 0 fully saturated rings. The lowest BCUT2D eigenvalue weighted by Gasteiger charge is -2.03. The van der Waals surface area contributed by atoms with Gasteiger partial charge in [-0.25, -0.2) is 9.78 Å². The molecule has 1 aromatic carbocycles. The number of amides is 1. The summed E-state index contributed by atoms with van der Waals surface area (Å²) >= 11 is 4.36.